The number of thiazole rings is 1. The number of aromatic nitrogens is 1. The van der Waals surface area contributed by atoms with Gasteiger partial charge in [0.05, 0.1) is 29.4 Å². The lowest BCUT2D eigenvalue weighted by molar-refractivity contribution is -0.114. The first-order chi connectivity index (χ1) is 12.6. The molecule has 0 fully saturated rings. The van der Waals surface area contributed by atoms with E-state index in [1.54, 1.807) is 30.5 Å². The van der Waals surface area contributed by atoms with Gasteiger partial charge in [-0.1, -0.05) is 0 Å². The summed E-state index contributed by atoms with van der Waals surface area (Å²) < 4.78 is 5.11. The van der Waals surface area contributed by atoms with E-state index in [2.05, 4.69) is 10.1 Å². The Morgan fingerprint density at radius 1 is 1.23 bits per heavy atom. The van der Waals surface area contributed by atoms with Crippen molar-refractivity contribution in [2.45, 2.75) is 0 Å². The molecule has 1 aromatic carbocycles. The van der Waals surface area contributed by atoms with Crippen LogP contribution in [0.3, 0.4) is 0 Å². The van der Waals surface area contributed by atoms with Gasteiger partial charge < -0.3 is 9.52 Å². The van der Waals surface area contributed by atoms with Crippen molar-refractivity contribution in [3.8, 4) is 0 Å². The standard InChI is InChI=1S/C18H11N3O4S/c22-17-14(9-15-19-6-8-26-15)16(12-5-7-25-10-12)20-21(17)13-3-1-11(2-4-13)18(23)24/h1-10H,(H,23,24)/b14-9-. The fourth-order valence-corrected chi connectivity index (χ4v) is 3.08. The Hall–Kier alpha value is -3.52. The Bertz CT molecular complexity index is 1020. The lowest BCUT2D eigenvalue weighted by atomic mass is 10.1. The second-order valence-corrected chi connectivity index (χ2v) is 6.28. The molecule has 0 saturated heterocycles. The topological polar surface area (TPSA) is 96.0 Å². The molecule has 3 aromatic rings. The first-order valence-corrected chi connectivity index (χ1v) is 8.42. The smallest absolute Gasteiger partial charge is 0.335 e. The lowest BCUT2D eigenvalue weighted by Crippen LogP contribution is -2.21. The summed E-state index contributed by atoms with van der Waals surface area (Å²) in [6.45, 7) is 0. The minimum absolute atomic E-state index is 0.137. The molecule has 128 valence electrons. The molecular formula is C18H11N3O4S. The molecule has 0 unspecified atom stereocenters. The van der Waals surface area contributed by atoms with Gasteiger partial charge in [0, 0.05) is 17.1 Å². The molecule has 7 nitrogen and oxygen atoms in total. The largest absolute Gasteiger partial charge is 0.478 e. The third-order valence-electron chi connectivity index (χ3n) is 3.75. The predicted octanol–water partition coefficient (Wildman–Crippen LogP) is 3.27. The number of hydrazone groups is 1. The number of anilines is 1. The lowest BCUT2D eigenvalue weighted by Gasteiger charge is -2.11. The van der Waals surface area contributed by atoms with Crippen LogP contribution in [0.2, 0.25) is 0 Å². The van der Waals surface area contributed by atoms with Gasteiger partial charge in [0.1, 0.15) is 10.7 Å². The van der Waals surface area contributed by atoms with Gasteiger partial charge in [0.25, 0.3) is 5.91 Å². The monoisotopic (exact) mass is 365 g/mol. The molecule has 0 saturated carbocycles. The highest BCUT2D eigenvalue weighted by atomic mass is 32.1. The Balaban J connectivity index is 1.77. The quantitative estimate of drug-likeness (QED) is 0.716. The zero-order valence-electron chi connectivity index (χ0n) is 13.2. The number of rotatable bonds is 4. The summed E-state index contributed by atoms with van der Waals surface area (Å²) in [5.41, 5.74) is 2.15. The summed E-state index contributed by atoms with van der Waals surface area (Å²) in [6.07, 6.45) is 6.37. The molecule has 8 heteroatoms. The van der Waals surface area contributed by atoms with E-state index in [-0.39, 0.29) is 11.5 Å². The van der Waals surface area contributed by atoms with E-state index in [0.29, 0.717) is 27.5 Å². The average Bonchev–Trinajstić information content (AvgIpc) is 3.39. The highest BCUT2D eigenvalue weighted by molar-refractivity contribution is 7.10. The van der Waals surface area contributed by atoms with Gasteiger partial charge in [-0.15, -0.1) is 11.3 Å². The molecule has 1 aliphatic heterocycles. The van der Waals surface area contributed by atoms with Crippen molar-refractivity contribution in [3.63, 3.8) is 0 Å². The van der Waals surface area contributed by atoms with Gasteiger partial charge in [-0.3, -0.25) is 4.79 Å². The molecule has 26 heavy (non-hydrogen) atoms. The van der Waals surface area contributed by atoms with Gasteiger partial charge >= 0.3 is 5.97 Å². The number of amides is 1. The highest BCUT2D eigenvalue weighted by Crippen LogP contribution is 2.28. The number of benzene rings is 1. The molecule has 1 aliphatic rings. The van der Waals surface area contributed by atoms with Crippen LogP contribution in [0.1, 0.15) is 20.9 Å². The van der Waals surface area contributed by atoms with E-state index in [1.807, 2.05) is 5.38 Å². The summed E-state index contributed by atoms with van der Waals surface area (Å²) in [7, 11) is 0. The first kappa shape index (κ1) is 16.0. The van der Waals surface area contributed by atoms with E-state index in [1.165, 1.54) is 41.0 Å². The summed E-state index contributed by atoms with van der Waals surface area (Å²) in [5, 5.41) is 17.2. The fourth-order valence-electron chi connectivity index (χ4n) is 2.51. The number of hydrogen-bond donors (Lipinski definition) is 1. The van der Waals surface area contributed by atoms with Crippen molar-refractivity contribution in [1.29, 1.82) is 0 Å². The van der Waals surface area contributed by atoms with Gasteiger partial charge in [0.15, 0.2) is 0 Å². The maximum Gasteiger partial charge on any atom is 0.335 e. The van der Waals surface area contributed by atoms with E-state index in [9.17, 15) is 9.59 Å². The van der Waals surface area contributed by atoms with E-state index in [0.717, 1.165) is 0 Å². The van der Waals surface area contributed by atoms with Crippen molar-refractivity contribution in [1.82, 2.24) is 4.98 Å². The molecule has 3 heterocycles. The van der Waals surface area contributed by atoms with Gasteiger partial charge in [-0.25, -0.2) is 9.78 Å². The molecule has 0 spiro atoms. The minimum atomic E-state index is -1.03. The van der Waals surface area contributed by atoms with E-state index >= 15 is 0 Å². The Kier molecular flexibility index (Phi) is 3.94. The van der Waals surface area contributed by atoms with Crippen LogP contribution in [0.15, 0.2) is 69.5 Å². The van der Waals surface area contributed by atoms with Gasteiger partial charge in [-0.05, 0) is 36.4 Å². The molecule has 0 atom stereocenters. The molecule has 1 N–H and O–H groups in total. The fraction of sp³-hybridized carbons (Fsp3) is 0. The van der Waals surface area contributed by atoms with Crippen LogP contribution < -0.4 is 5.01 Å². The third-order valence-corrected chi connectivity index (χ3v) is 4.47. The normalized spacial score (nSPS) is 15.5. The van der Waals surface area contributed by atoms with Gasteiger partial charge in [0.2, 0.25) is 0 Å². The molecule has 0 aliphatic carbocycles. The SMILES string of the molecule is O=C(O)c1ccc(N2N=C(c3ccoc3)/C(=C/c3nccs3)C2=O)cc1. The maximum absolute atomic E-state index is 12.9. The van der Waals surface area contributed by atoms with Crippen molar-refractivity contribution < 1.29 is 19.1 Å². The van der Waals surface area contributed by atoms with E-state index in [4.69, 9.17) is 9.52 Å². The van der Waals surface area contributed by atoms with Crippen molar-refractivity contribution in [3.05, 3.63) is 76.1 Å². The Morgan fingerprint density at radius 3 is 2.65 bits per heavy atom. The summed E-state index contributed by atoms with van der Waals surface area (Å²) in [5.74, 6) is -1.35. The molecule has 2 aromatic heterocycles. The van der Waals surface area contributed by atoms with Crippen molar-refractivity contribution in [2.75, 3.05) is 5.01 Å². The molecule has 0 bridgehead atoms. The van der Waals surface area contributed by atoms with Crippen molar-refractivity contribution in [2.24, 2.45) is 5.10 Å². The molecule has 0 radical (unpaired) electrons. The van der Waals surface area contributed by atoms with Crippen LogP contribution >= 0.6 is 11.3 Å². The van der Waals surface area contributed by atoms with Crippen LogP contribution in [0.4, 0.5) is 5.69 Å². The first-order valence-electron chi connectivity index (χ1n) is 7.54. The summed E-state index contributed by atoms with van der Waals surface area (Å²) >= 11 is 1.41. The highest BCUT2D eigenvalue weighted by Gasteiger charge is 2.32. The summed E-state index contributed by atoms with van der Waals surface area (Å²) in [6, 6.07) is 7.67. The average molecular weight is 365 g/mol. The maximum atomic E-state index is 12.9. The predicted molar refractivity (Wildman–Crippen MR) is 96.2 cm³/mol. The van der Waals surface area contributed by atoms with Gasteiger partial charge in [-0.2, -0.15) is 10.1 Å². The van der Waals surface area contributed by atoms with Crippen LogP contribution in [0.5, 0.6) is 0 Å². The Labute approximate surface area is 151 Å². The molecule has 1 amide bonds. The molecule has 4 rings (SSSR count). The minimum Gasteiger partial charge on any atom is -0.478 e. The third kappa shape index (κ3) is 2.82. The number of carbonyl (C=O) groups excluding carboxylic acids is 1. The number of aromatic carboxylic acids is 1. The number of nitrogens with zero attached hydrogens (tertiary/aromatic N) is 3. The number of carboxylic acids is 1. The number of hydrogen-bond acceptors (Lipinski definition) is 6. The van der Waals surface area contributed by atoms with Crippen LogP contribution in [0, 0.1) is 0 Å². The van der Waals surface area contributed by atoms with Crippen molar-refractivity contribution >= 4 is 40.7 Å². The number of furan rings is 1. The van der Waals surface area contributed by atoms with Crippen LogP contribution in [-0.2, 0) is 4.79 Å². The number of carboxylic acid groups (broad SMARTS) is 1. The summed E-state index contributed by atoms with van der Waals surface area (Å²) in [4.78, 5) is 28.1. The second kappa shape index (κ2) is 6.41. The number of carbonyl (C=O) groups is 2. The zero-order valence-corrected chi connectivity index (χ0v) is 14.0. The van der Waals surface area contributed by atoms with Crippen LogP contribution in [0.25, 0.3) is 6.08 Å². The molecular weight excluding hydrogens is 354 g/mol. The zero-order chi connectivity index (χ0) is 18.1. The van der Waals surface area contributed by atoms with E-state index < -0.39 is 5.97 Å². The van der Waals surface area contributed by atoms with Crippen LogP contribution in [-0.4, -0.2) is 27.7 Å². The Morgan fingerprint density at radius 2 is 2.04 bits per heavy atom. The second-order valence-electron chi connectivity index (χ2n) is 5.36.